The second-order valence-electron chi connectivity index (χ2n) is 5.62. The van der Waals surface area contributed by atoms with E-state index in [1.807, 2.05) is 0 Å². The molecule has 86 valence electrons. The van der Waals surface area contributed by atoms with Gasteiger partial charge in [0, 0.05) is 37.3 Å². The van der Waals surface area contributed by atoms with Crippen LogP contribution in [0, 0.1) is 19.3 Å². The van der Waals surface area contributed by atoms with Crippen molar-refractivity contribution in [2.24, 2.45) is 5.41 Å². The van der Waals surface area contributed by atoms with Crippen LogP contribution >= 0.6 is 0 Å². The predicted octanol–water partition coefficient (Wildman–Crippen LogP) is 2.10. The van der Waals surface area contributed by atoms with Crippen molar-refractivity contribution in [3.63, 3.8) is 0 Å². The van der Waals surface area contributed by atoms with E-state index in [0.29, 0.717) is 5.41 Å². The largest absolute Gasteiger partial charge is 0.371 e. The molecule has 0 unspecified atom stereocenters. The molecule has 2 fully saturated rings. The summed E-state index contributed by atoms with van der Waals surface area (Å²) >= 11 is 0. The molecule has 1 spiro atoms. The molecule has 2 aliphatic rings. The molecule has 1 N–H and O–H groups in total. The lowest BCUT2D eigenvalue weighted by atomic mass is 9.81. The number of anilines is 1. The number of rotatable bonds is 1. The van der Waals surface area contributed by atoms with Gasteiger partial charge in [-0.1, -0.05) is 6.07 Å². The smallest absolute Gasteiger partial charge is 0.0371 e. The third-order valence-electron chi connectivity index (χ3n) is 4.01. The van der Waals surface area contributed by atoms with E-state index >= 15 is 0 Å². The maximum absolute atomic E-state index is 3.41. The van der Waals surface area contributed by atoms with Crippen molar-refractivity contribution in [3.8, 4) is 0 Å². The van der Waals surface area contributed by atoms with E-state index in [0.717, 1.165) is 0 Å². The molecule has 0 aromatic heterocycles. The molecule has 16 heavy (non-hydrogen) atoms. The van der Waals surface area contributed by atoms with Gasteiger partial charge in [-0.05, 0) is 43.5 Å². The minimum atomic E-state index is 0.595. The Morgan fingerprint density at radius 3 is 2.31 bits per heavy atom. The monoisotopic (exact) mass is 216 g/mol. The van der Waals surface area contributed by atoms with E-state index in [1.165, 1.54) is 49.4 Å². The van der Waals surface area contributed by atoms with Gasteiger partial charge in [-0.2, -0.15) is 0 Å². The molecule has 0 bridgehead atoms. The van der Waals surface area contributed by atoms with Gasteiger partial charge in [0.2, 0.25) is 0 Å². The van der Waals surface area contributed by atoms with Gasteiger partial charge in [0.25, 0.3) is 0 Å². The standard InChI is InChI=1S/C14H20N2/c1-11-5-12(2)7-13(6-11)16-4-3-14(10-16)8-15-9-14/h5-7,15H,3-4,8-10H2,1-2H3. The van der Waals surface area contributed by atoms with Crippen molar-refractivity contribution in [3.05, 3.63) is 29.3 Å². The topological polar surface area (TPSA) is 15.3 Å². The van der Waals surface area contributed by atoms with Gasteiger partial charge >= 0.3 is 0 Å². The fraction of sp³-hybridized carbons (Fsp3) is 0.571. The van der Waals surface area contributed by atoms with Crippen LogP contribution in [0.2, 0.25) is 0 Å². The number of hydrogen-bond donors (Lipinski definition) is 1. The van der Waals surface area contributed by atoms with Crippen LogP contribution < -0.4 is 10.2 Å². The first-order chi connectivity index (χ1) is 7.67. The summed E-state index contributed by atoms with van der Waals surface area (Å²) in [6.45, 7) is 9.27. The van der Waals surface area contributed by atoms with Crippen LogP contribution in [-0.4, -0.2) is 26.2 Å². The maximum Gasteiger partial charge on any atom is 0.0371 e. The number of nitrogens with zero attached hydrogens (tertiary/aromatic N) is 1. The van der Waals surface area contributed by atoms with Crippen LogP contribution in [0.1, 0.15) is 17.5 Å². The van der Waals surface area contributed by atoms with Crippen LogP contribution in [0.3, 0.4) is 0 Å². The predicted molar refractivity (Wildman–Crippen MR) is 68.0 cm³/mol. The average molecular weight is 216 g/mol. The van der Waals surface area contributed by atoms with Crippen molar-refractivity contribution < 1.29 is 0 Å². The summed E-state index contributed by atoms with van der Waals surface area (Å²) < 4.78 is 0. The summed E-state index contributed by atoms with van der Waals surface area (Å²) in [6.07, 6.45) is 1.35. The normalized spacial score (nSPS) is 22.5. The van der Waals surface area contributed by atoms with Gasteiger partial charge in [0.05, 0.1) is 0 Å². The molecule has 2 aliphatic heterocycles. The van der Waals surface area contributed by atoms with E-state index in [9.17, 15) is 0 Å². The Kier molecular flexibility index (Phi) is 2.21. The summed E-state index contributed by atoms with van der Waals surface area (Å²) in [5, 5.41) is 3.41. The quantitative estimate of drug-likeness (QED) is 0.773. The highest BCUT2D eigenvalue weighted by Gasteiger charge is 2.42. The van der Waals surface area contributed by atoms with E-state index in [2.05, 4.69) is 42.3 Å². The molecule has 1 aromatic rings. The van der Waals surface area contributed by atoms with Gasteiger partial charge in [0.1, 0.15) is 0 Å². The van der Waals surface area contributed by atoms with Crippen molar-refractivity contribution in [1.29, 1.82) is 0 Å². The Morgan fingerprint density at radius 1 is 1.12 bits per heavy atom. The lowest BCUT2D eigenvalue weighted by Crippen LogP contribution is -2.54. The number of hydrogen-bond acceptors (Lipinski definition) is 2. The summed E-state index contributed by atoms with van der Waals surface area (Å²) in [6, 6.07) is 6.89. The second kappa shape index (κ2) is 3.49. The van der Waals surface area contributed by atoms with Crippen molar-refractivity contribution in [1.82, 2.24) is 5.32 Å². The van der Waals surface area contributed by atoms with Crippen molar-refractivity contribution >= 4 is 5.69 Å². The van der Waals surface area contributed by atoms with Gasteiger partial charge in [-0.3, -0.25) is 0 Å². The molecular formula is C14H20N2. The summed E-state index contributed by atoms with van der Waals surface area (Å²) in [5.74, 6) is 0. The molecule has 0 radical (unpaired) electrons. The van der Waals surface area contributed by atoms with E-state index in [1.54, 1.807) is 0 Å². The zero-order chi connectivity index (χ0) is 11.2. The molecule has 0 amide bonds. The first-order valence-electron chi connectivity index (χ1n) is 6.21. The Bertz CT molecular complexity index is 387. The van der Waals surface area contributed by atoms with Gasteiger partial charge < -0.3 is 10.2 Å². The Balaban J connectivity index is 1.82. The maximum atomic E-state index is 3.41. The van der Waals surface area contributed by atoms with Crippen LogP contribution in [-0.2, 0) is 0 Å². The highest BCUT2D eigenvalue weighted by molar-refractivity contribution is 5.52. The summed E-state index contributed by atoms with van der Waals surface area (Å²) in [5.41, 5.74) is 4.77. The lowest BCUT2D eigenvalue weighted by molar-refractivity contribution is 0.200. The molecule has 0 aliphatic carbocycles. The molecule has 0 atom stereocenters. The van der Waals surface area contributed by atoms with Crippen molar-refractivity contribution in [2.75, 3.05) is 31.1 Å². The molecule has 2 heteroatoms. The zero-order valence-electron chi connectivity index (χ0n) is 10.2. The fourth-order valence-corrected chi connectivity index (χ4v) is 3.06. The third kappa shape index (κ3) is 1.61. The zero-order valence-corrected chi connectivity index (χ0v) is 10.2. The van der Waals surface area contributed by atoms with E-state index < -0.39 is 0 Å². The van der Waals surface area contributed by atoms with Gasteiger partial charge in [-0.25, -0.2) is 0 Å². The minimum absolute atomic E-state index is 0.595. The minimum Gasteiger partial charge on any atom is -0.371 e. The summed E-state index contributed by atoms with van der Waals surface area (Å²) in [7, 11) is 0. The molecule has 2 heterocycles. The fourth-order valence-electron chi connectivity index (χ4n) is 3.06. The van der Waals surface area contributed by atoms with Crippen LogP contribution in [0.5, 0.6) is 0 Å². The number of nitrogens with one attached hydrogen (secondary N) is 1. The molecule has 2 saturated heterocycles. The van der Waals surface area contributed by atoms with Crippen LogP contribution in [0.4, 0.5) is 5.69 Å². The SMILES string of the molecule is Cc1cc(C)cc(N2CCC3(CNC3)C2)c1. The highest BCUT2D eigenvalue weighted by atomic mass is 15.2. The second-order valence-corrected chi connectivity index (χ2v) is 5.62. The van der Waals surface area contributed by atoms with Gasteiger partial charge in [0.15, 0.2) is 0 Å². The number of benzene rings is 1. The molecule has 3 rings (SSSR count). The Hall–Kier alpha value is -1.02. The average Bonchev–Trinajstić information content (AvgIpc) is 2.59. The molecular weight excluding hydrogens is 196 g/mol. The summed E-state index contributed by atoms with van der Waals surface area (Å²) in [4.78, 5) is 2.56. The molecule has 1 aromatic carbocycles. The van der Waals surface area contributed by atoms with E-state index in [-0.39, 0.29) is 0 Å². The lowest BCUT2D eigenvalue weighted by Gasteiger charge is -2.39. The number of aryl methyl sites for hydroxylation is 2. The first kappa shape index (κ1) is 10.2. The highest BCUT2D eigenvalue weighted by Crippen LogP contribution is 2.36. The molecule has 0 saturated carbocycles. The third-order valence-corrected chi connectivity index (χ3v) is 4.01. The van der Waals surface area contributed by atoms with Gasteiger partial charge in [-0.15, -0.1) is 0 Å². The Labute approximate surface area is 97.6 Å². The van der Waals surface area contributed by atoms with Crippen LogP contribution in [0.25, 0.3) is 0 Å². The van der Waals surface area contributed by atoms with Crippen LogP contribution in [0.15, 0.2) is 18.2 Å². The molecule has 2 nitrogen and oxygen atoms in total. The Morgan fingerprint density at radius 2 is 1.81 bits per heavy atom. The first-order valence-corrected chi connectivity index (χ1v) is 6.21. The van der Waals surface area contributed by atoms with Crippen molar-refractivity contribution in [2.45, 2.75) is 20.3 Å². The van der Waals surface area contributed by atoms with E-state index in [4.69, 9.17) is 0 Å².